The second kappa shape index (κ2) is 14.0. The molecule has 0 aliphatic carbocycles. The van der Waals surface area contributed by atoms with Gasteiger partial charge >= 0.3 is 6.09 Å². The van der Waals surface area contributed by atoms with Crippen LogP contribution in [0.15, 0.2) is 66.9 Å². The van der Waals surface area contributed by atoms with Crippen molar-refractivity contribution in [1.29, 1.82) is 0 Å². The van der Waals surface area contributed by atoms with E-state index in [2.05, 4.69) is 33.9 Å². The summed E-state index contributed by atoms with van der Waals surface area (Å²) >= 11 is 6.76. The smallest absolute Gasteiger partial charge is 0.425 e. The van der Waals surface area contributed by atoms with Crippen LogP contribution in [0.2, 0.25) is 5.02 Å². The maximum Gasteiger partial charge on any atom is 0.425 e. The molecular formula is C34H39ClN6O4. The van der Waals surface area contributed by atoms with Crippen molar-refractivity contribution in [2.75, 3.05) is 55.5 Å². The summed E-state index contributed by atoms with van der Waals surface area (Å²) in [6, 6.07) is 18.8. The second-order valence-electron chi connectivity index (χ2n) is 11.1. The largest absolute Gasteiger partial charge is 0.497 e. The van der Waals surface area contributed by atoms with Gasteiger partial charge in [0.05, 0.1) is 30.6 Å². The lowest BCUT2D eigenvalue weighted by molar-refractivity contribution is 0.209. The van der Waals surface area contributed by atoms with Crippen molar-refractivity contribution in [2.45, 2.75) is 33.7 Å². The van der Waals surface area contributed by atoms with Gasteiger partial charge in [0, 0.05) is 56.2 Å². The van der Waals surface area contributed by atoms with Crippen LogP contribution >= 0.6 is 11.6 Å². The zero-order chi connectivity index (χ0) is 32.1. The molecule has 1 aliphatic rings. The number of aromatic nitrogens is 2. The molecule has 4 aromatic rings. The monoisotopic (exact) mass is 630 g/mol. The second-order valence-corrected chi connectivity index (χ2v) is 11.5. The SMILES string of the molecule is COc1ccc(N(C(=O)Oc2c(C)cccc2C)c2ccnc(Nc3ccc(N4CCN(C(C)C)CC4)c(Cl)c3)n2)c(OC)c1. The van der Waals surface area contributed by atoms with E-state index < -0.39 is 6.09 Å². The molecule has 1 fully saturated rings. The molecule has 0 atom stereocenters. The Morgan fingerprint density at radius 3 is 2.33 bits per heavy atom. The summed E-state index contributed by atoms with van der Waals surface area (Å²) in [5.74, 6) is 2.01. The van der Waals surface area contributed by atoms with Gasteiger partial charge in [0.25, 0.3) is 0 Å². The Kier molecular flexibility index (Phi) is 9.95. The number of halogens is 1. The average molecular weight is 631 g/mol. The summed E-state index contributed by atoms with van der Waals surface area (Å²) in [4.78, 5) is 29.1. The van der Waals surface area contributed by atoms with Crippen molar-refractivity contribution < 1.29 is 19.0 Å². The third-order valence-electron chi connectivity index (χ3n) is 7.87. The Balaban J connectivity index is 1.43. The zero-order valence-electron chi connectivity index (χ0n) is 26.5. The number of carbonyl (C=O) groups excluding carboxylic acids is 1. The average Bonchev–Trinajstić information content (AvgIpc) is 3.03. The van der Waals surface area contributed by atoms with E-state index in [1.165, 1.54) is 12.0 Å². The Morgan fingerprint density at radius 2 is 1.69 bits per heavy atom. The Hall–Kier alpha value is -4.54. The molecule has 1 aliphatic heterocycles. The Labute approximate surface area is 269 Å². The van der Waals surface area contributed by atoms with Crippen molar-refractivity contribution in [2.24, 2.45) is 0 Å². The molecule has 1 aromatic heterocycles. The number of nitrogens with zero attached hydrogens (tertiary/aromatic N) is 5. The lowest BCUT2D eigenvalue weighted by Gasteiger charge is -2.38. The topological polar surface area (TPSA) is 92.3 Å². The molecule has 0 bridgehead atoms. The number of methoxy groups -OCH3 is 2. The number of amides is 1. The van der Waals surface area contributed by atoms with Crippen molar-refractivity contribution in [1.82, 2.24) is 14.9 Å². The van der Waals surface area contributed by atoms with Gasteiger partial charge in [-0.2, -0.15) is 4.98 Å². The number of carbonyl (C=O) groups is 1. The van der Waals surface area contributed by atoms with Gasteiger partial charge in [0.2, 0.25) is 5.95 Å². The van der Waals surface area contributed by atoms with Gasteiger partial charge < -0.3 is 24.4 Å². The number of nitrogens with one attached hydrogen (secondary N) is 1. The maximum atomic E-state index is 13.9. The summed E-state index contributed by atoms with van der Waals surface area (Å²) in [5, 5.41) is 3.87. The molecule has 236 valence electrons. The summed E-state index contributed by atoms with van der Waals surface area (Å²) in [6.07, 6.45) is 0.912. The first-order chi connectivity index (χ1) is 21.7. The summed E-state index contributed by atoms with van der Waals surface area (Å²) in [7, 11) is 3.09. The highest BCUT2D eigenvalue weighted by atomic mass is 35.5. The van der Waals surface area contributed by atoms with Gasteiger partial charge in [0.1, 0.15) is 23.1 Å². The molecule has 1 saturated heterocycles. The minimum atomic E-state index is -0.662. The number of rotatable bonds is 9. The van der Waals surface area contributed by atoms with E-state index >= 15 is 0 Å². The highest BCUT2D eigenvalue weighted by molar-refractivity contribution is 6.33. The van der Waals surface area contributed by atoms with E-state index in [0.717, 1.165) is 43.0 Å². The number of benzene rings is 3. The first kappa shape index (κ1) is 31.9. The van der Waals surface area contributed by atoms with E-state index in [9.17, 15) is 4.79 Å². The van der Waals surface area contributed by atoms with Crippen LogP contribution in [-0.4, -0.2) is 67.4 Å². The maximum absolute atomic E-state index is 13.9. The van der Waals surface area contributed by atoms with Gasteiger partial charge in [-0.15, -0.1) is 0 Å². The number of hydrogen-bond acceptors (Lipinski definition) is 9. The van der Waals surface area contributed by atoms with Crippen LogP contribution in [0.5, 0.6) is 17.2 Å². The van der Waals surface area contributed by atoms with E-state index in [4.69, 9.17) is 30.8 Å². The molecule has 2 heterocycles. The van der Waals surface area contributed by atoms with E-state index in [1.54, 1.807) is 37.6 Å². The van der Waals surface area contributed by atoms with E-state index in [1.807, 2.05) is 50.2 Å². The molecule has 0 radical (unpaired) electrons. The van der Waals surface area contributed by atoms with Crippen molar-refractivity contribution in [3.8, 4) is 17.2 Å². The van der Waals surface area contributed by atoms with Gasteiger partial charge in [0.15, 0.2) is 0 Å². The third-order valence-corrected chi connectivity index (χ3v) is 8.17. The van der Waals surface area contributed by atoms with Gasteiger partial charge in [-0.3, -0.25) is 4.90 Å². The molecule has 0 saturated carbocycles. The third kappa shape index (κ3) is 7.24. The first-order valence-electron chi connectivity index (χ1n) is 14.9. The number of ether oxygens (including phenoxy) is 3. The number of aryl methyl sites for hydroxylation is 2. The number of anilines is 5. The van der Waals surface area contributed by atoms with Gasteiger partial charge in [-0.1, -0.05) is 29.8 Å². The molecule has 0 unspecified atom stereocenters. The molecule has 3 aromatic carbocycles. The molecule has 45 heavy (non-hydrogen) atoms. The van der Waals surface area contributed by atoms with Crippen LogP contribution in [0, 0.1) is 13.8 Å². The van der Waals surface area contributed by atoms with Gasteiger partial charge in [-0.05, 0) is 69.2 Å². The van der Waals surface area contributed by atoms with Crippen molar-refractivity contribution in [3.63, 3.8) is 0 Å². The number of piperazine rings is 1. The predicted octanol–water partition coefficient (Wildman–Crippen LogP) is 7.38. The Bertz CT molecular complexity index is 1640. The molecule has 11 heteroatoms. The van der Waals surface area contributed by atoms with E-state index in [0.29, 0.717) is 39.7 Å². The van der Waals surface area contributed by atoms with E-state index in [-0.39, 0.29) is 11.8 Å². The van der Waals surface area contributed by atoms with Crippen LogP contribution in [0.1, 0.15) is 25.0 Å². The first-order valence-corrected chi connectivity index (χ1v) is 15.2. The highest BCUT2D eigenvalue weighted by Crippen LogP contribution is 2.38. The normalized spacial score (nSPS) is 13.5. The molecular weight excluding hydrogens is 592 g/mol. The van der Waals surface area contributed by atoms with Crippen LogP contribution in [0.3, 0.4) is 0 Å². The quantitative estimate of drug-likeness (QED) is 0.203. The predicted molar refractivity (Wildman–Crippen MR) is 179 cm³/mol. The molecule has 1 N–H and O–H groups in total. The fourth-order valence-electron chi connectivity index (χ4n) is 5.36. The highest BCUT2D eigenvalue weighted by Gasteiger charge is 2.27. The van der Waals surface area contributed by atoms with Crippen LogP contribution < -0.4 is 29.3 Å². The standard InChI is InChI=1S/C34H39ClN6O4/c1-22(2)39-16-18-40(19-17-39)28-12-10-25(20-27(28)35)37-33-36-15-14-31(38-33)41(29-13-11-26(43-5)21-30(29)44-6)34(42)45-32-23(3)8-7-9-24(32)4/h7-15,20-22H,16-19H2,1-6H3,(H,36,37,38). The van der Waals surface area contributed by atoms with Crippen LogP contribution in [-0.2, 0) is 0 Å². The lowest BCUT2D eigenvalue weighted by Crippen LogP contribution is -2.49. The fourth-order valence-corrected chi connectivity index (χ4v) is 5.66. The zero-order valence-corrected chi connectivity index (χ0v) is 27.3. The summed E-state index contributed by atoms with van der Waals surface area (Å²) < 4.78 is 17.0. The number of hydrogen-bond donors (Lipinski definition) is 1. The molecule has 0 spiro atoms. The molecule has 10 nitrogen and oxygen atoms in total. The fraction of sp³-hybridized carbons (Fsp3) is 0.324. The van der Waals surface area contributed by atoms with Crippen molar-refractivity contribution in [3.05, 3.63) is 83.0 Å². The Morgan fingerprint density at radius 1 is 0.956 bits per heavy atom. The molecule has 1 amide bonds. The van der Waals surface area contributed by atoms with Crippen molar-refractivity contribution >= 4 is 46.5 Å². The van der Waals surface area contributed by atoms with Gasteiger partial charge in [-0.25, -0.2) is 14.7 Å². The number of para-hydroxylation sites is 1. The molecule has 5 rings (SSSR count). The minimum absolute atomic E-state index is 0.276. The van der Waals surface area contributed by atoms with Crippen LogP contribution in [0.25, 0.3) is 0 Å². The summed E-state index contributed by atoms with van der Waals surface area (Å²) in [5.41, 5.74) is 3.79. The minimum Gasteiger partial charge on any atom is -0.497 e. The summed E-state index contributed by atoms with van der Waals surface area (Å²) in [6.45, 7) is 12.1. The lowest BCUT2D eigenvalue weighted by atomic mass is 10.1. The van der Waals surface area contributed by atoms with Crippen LogP contribution in [0.4, 0.5) is 33.6 Å².